The molecule has 0 atom stereocenters. The van der Waals surface area contributed by atoms with Crippen molar-refractivity contribution < 1.29 is 9.53 Å². The molecule has 2 aromatic rings. The Morgan fingerprint density at radius 3 is 2.90 bits per heavy atom. The zero-order valence-corrected chi connectivity index (χ0v) is 11.9. The minimum Gasteiger partial charge on any atom is -0.484 e. The molecule has 1 amide bonds. The van der Waals surface area contributed by atoms with Crippen molar-refractivity contribution >= 4 is 29.1 Å². The highest BCUT2D eigenvalue weighted by atomic mass is 35.5. The van der Waals surface area contributed by atoms with Gasteiger partial charge in [-0.3, -0.25) is 9.89 Å². The van der Waals surface area contributed by atoms with Gasteiger partial charge in [0.15, 0.2) is 6.61 Å². The van der Waals surface area contributed by atoms with E-state index in [4.69, 9.17) is 27.9 Å². The number of ether oxygens (including phenoxy) is 1. The Morgan fingerprint density at radius 2 is 2.20 bits per heavy atom. The number of H-pyrrole nitrogens is 1. The van der Waals surface area contributed by atoms with Crippen LogP contribution >= 0.6 is 23.2 Å². The van der Waals surface area contributed by atoms with Gasteiger partial charge in [-0.25, -0.2) is 4.98 Å². The Hall–Kier alpha value is -1.79. The van der Waals surface area contributed by atoms with Gasteiger partial charge < -0.3 is 10.1 Å². The van der Waals surface area contributed by atoms with Crippen molar-refractivity contribution in [2.75, 3.05) is 13.2 Å². The highest BCUT2D eigenvalue weighted by Gasteiger charge is 2.05. The molecule has 2 rings (SSSR count). The lowest BCUT2D eigenvalue weighted by Crippen LogP contribution is -2.30. The summed E-state index contributed by atoms with van der Waals surface area (Å²) in [7, 11) is 0. The Bertz CT molecular complexity index is 575. The summed E-state index contributed by atoms with van der Waals surface area (Å²) in [5, 5.41) is 9.95. The number of aromatic nitrogens is 3. The van der Waals surface area contributed by atoms with E-state index in [1.54, 1.807) is 18.2 Å². The number of benzene rings is 1. The molecular formula is C12H12Cl2N4O2. The maximum absolute atomic E-state index is 11.6. The summed E-state index contributed by atoms with van der Waals surface area (Å²) in [4.78, 5) is 15.5. The molecule has 1 heterocycles. The van der Waals surface area contributed by atoms with Crippen molar-refractivity contribution in [3.63, 3.8) is 0 Å². The predicted octanol–water partition coefficient (Wildman–Crippen LogP) is 1.85. The smallest absolute Gasteiger partial charge is 0.257 e. The summed E-state index contributed by atoms with van der Waals surface area (Å²) in [6.45, 7) is 0.368. The van der Waals surface area contributed by atoms with Crippen LogP contribution in [0.3, 0.4) is 0 Å². The van der Waals surface area contributed by atoms with E-state index < -0.39 is 0 Å². The molecule has 20 heavy (non-hydrogen) atoms. The zero-order valence-electron chi connectivity index (χ0n) is 10.4. The third kappa shape index (κ3) is 4.40. The third-order valence-corrected chi connectivity index (χ3v) is 3.15. The van der Waals surface area contributed by atoms with Crippen LogP contribution in [0.4, 0.5) is 0 Å². The van der Waals surface area contributed by atoms with Crippen LogP contribution in [0.25, 0.3) is 0 Å². The summed E-state index contributed by atoms with van der Waals surface area (Å²) in [6.07, 6.45) is 2.00. The fraction of sp³-hybridized carbons (Fsp3) is 0.250. The number of nitrogens with zero attached hydrogens (tertiary/aromatic N) is 2. The highest BCUT2D eigenvalue weighted by molar-refractivity contribution is 6.42. The predicted molar refractivity (Wildman–Crippen MR) is 75.1 cm³/mol. The summed E-state index contributed by atoms with van der Waals surface area (Å²) >= 11 is 11.6. The van der Waals surface area contributed by atoms with E-state index in [9.17, 15) is 4.79 Å². The van der Waals surface area contributed by atoms with E-state index in [-0.39, 0.29) is 12.5 Å². The van der Waals surface area contributed by atoms with Gasteiger partial charge in [-0.15, -0.1) is 0 Å². The Balaban J connectivity index is 1.70. The second-order valence-corrected chi connectivity index (χ2v) is 4.71. The fourth-order valence-corrected chi connectivity index (χ4v) is 1.73. The molecule has 0 aliphatic rings. The first kappa shape index (κ1) is 14.6. The van der Waals surface area contributed by atoms with Gasteiger partial charge in [0.2, 0.25) is 0 Å². The Labute approximate surface area is 125 Å². The second kappa shape index (κ2) is 7.12. The van der Waals surface area contributed by atoms with Crippen molar-refractivity contribution in [2.45, 2.75) is 6.42 Å². The van der Waals surface area contributed by atoms with Gasteiger partial charge in [0.05, 0.1) is 10.0 Å². The zero-order chi connectivity index (χ0) is 14.4. The van der Waals surface area contributed by atoms with Crippen LogP contribution in [0.2, 0.25) is 10.0 Å². The summed E-state index contributed by atoms with van der Waals surface area (Å²) < 4.78 is 5.30. The van der Waals surface area contributed by atoms with Crippen LogP contribution < -0.4 is 10.1 Å². The van der Waals surface area contributed by atoms with Gasteiger partial charge in [0.25, 0.3) is 5.91 Å². The number of aromatic amines is 1. The minimum atomic E-state index is -0.226. The summed E-state index contributed by atoms with van der Waals surface area (Å²) in [5.41, 5.74) is 0. The highest BCUT2D eigenvalue weighted by Crippen LogP contribution is 2.26. The number of rotatable bonds is 6. The van der Waals surface area contributed by atoms with Gasteiger partial charge >= 0.3 is 0 Å². The first-order valence-electron chi connectivity index (χ1n) is 5.84. The van der Waals surface area contributed by atoms with E-state index in [1.807, 2.05) is 0 Å². The summed E-state index contributed by atoms with van der Waals surface area (Å²) in [6, 6.07) is 4.82. The molecule has 106 valence electrons. The van der Waals surface area contributed by atoms with Crippen molar-refractivity contribution in [1.82, 2.24) is 20.5 Å². The average molecular weight is 315 g/mol. The minimum absolute atomic E-state index is 0.0889. The first-order chi connectivity index (χ1) is 9.65. The molecule has 6 nitrogen and oxygen atoms in total. The topological polar surface area (TPSA) is 79.9 Å². The van der Waals surface area contributed by atoms with Crippen LogP contribution in [-0.2, 0) is 11.2 Å². The van der Waals surface area contributed by atoms with Crippen LogP contribution in [0.1, 0.15) is 5.82 Å². The molecule has 1 aromatic carbocycles. The maximum atomic E-state index is 11.6. The fourth-order valence-electron chi connectivity index (χ4n) is 1.44. The number of hydrogen-bond donors (Lipinski definition) is 2. The number of halogens is 2. The average Bonchev–Trinajstić information content (AvgIpc) is 2.93. The molecule has 0 saturated heterocycles. The molecule has 0 aliphatic heterocycles. The molecule has 0 bridgehead atoms. The molecule has 0 aliphatic carbocycles. The van der Waals surface area contributed by atoms with Gasteiger partial charge in [0.1, 0.15) is 17.9 Å². The van der Waals surface area contributed by atoms with E-state index >= 15 is 0 Å². The summed E-state index contributed by atoms with van der Waals surface area (Å²) in [5.74, 6) is 0.982. The molecule has 0 saturated carbocycles. The van der Waals surface area contributed by atoms with Crippen LogP contribution in [0.15, 0.2) is 24.5 Å². The lowest BCUT2D eigenvalue weighted by molar-refractivity contribution is -0.123. The first-order valence-corrected chi connectivity index (χ1v) is 6.59. The monoisotopic (exact) mass is 314 g/mol. The van der Waals surface area contributed by atoms with E-state index in [0.29, 0.717) is 28.8 Å². The lowest BCUT2D eigenvalue weighted by atomic mass is 10.3. The van der Waals surface area contributed by atoms with E-state index in [1.165, 1.54) is 6.33 Å². The molecule has 2 N–H and O–H groups in total. The Morgan fingerprint density at radius 1 is 1.35 bits per heavy atom. The van der Waals surface area contributed by atoms with Crippen molar-refractivity contribution in [3.05, 3.63) is 40.4 Å². The van der Waals surface area contributed by atoms with E-state index in [2.05, 4.69) is 20.5 Å². The molecule has 8 heteroatoms. The van der Waals surface area contributed by atoms with E-state index in [0.717, 1.165) is 5.82 Å². The molecule has 1 aromatic heterocycles. The van der Waals surface area contributed by atoms with Gasteiger partial charge in [-0.2, -0.15) is 5.10 Å². The van der Waals surface area contributed by atoms with Crippen LogP contribution in [0, 0.1) is 0 Å². The number of hydrogen-bond acceptors (Lipinski definition) is 4. The Kier molecular flexibility index (Phi) is 5.20. The lowest BCUT2D eigenvalue weighted by Gasteiger charge is -2.07. The number of carbonyl (C=O) groups excluding carboxylic acids is 1. The number of amides is 1. The number of carbonyl (C=O) groups is 1. The molecule has 0 spiro atoms. The van der Waals surface area contributed by atoms with Gasteiger partial charge in [-0.05, 0) is 12.1 Å². The molecule has 0 radical (unpaired) electrons. The van der Waals surface area contributed by atoms with Crippen LogP contribution in [-0.4, -0.2) is 34.2 Å². The largest absolute Gasteiger partial charge is 0.484 e. The van der Waals surface area contributed by atoms with Crippen LogP contribution in [0.5, 0.6) is 5.75 Å². The molecule has 0 unspecified atom stereocenters. The normalized spacial score (nSPS) is 10.3. The second-order valence-electron chi connectivity index (χ2n) is 3.90. The number of nitrogens with one attached hydrogen (secondary N) is 2. The molecular weight excluding hydrogens is 303 g/mol. The van der Waals surface area contributed by atoms with Crippen molar-refractivity contribution in [1.29, 1.82) is 0 Å². The standard InChI is InChI=1S/C12H12Cl2N4O2/c13-9-2-1-8(5-10(9)14)20-6-12(19)15-4-3-11-16-7-17-18-11/h1-2,5,7H,3-4,6H2,(H,15,19)(H,16,17,18). The maximum Gasteiger partial charge on any atom is 0.257 e. The third-order valence-electron chi connectivity index (χ3n) is 2.41. The quantitative estimate of drug-likeness (QED) is 0.852. The molecule has 0 fully saturated rings. The van der Waals surface area contributed by atoms with Gasteiger partial charge in [-0.1, -0.05) is 23.2 Å². The SMILES string of the molecule is O=C(COc1ccc(Cl)c(Cl)c1)NCCc1ncn[nH]1. The van der Waals surface area contributed by atoms with Gasteiger partial charge in [0, 0.05) is 19.0 Å². The van der Waals surface area contributed by atoms with Crippen molar-refractivity contribution in [3.8, 4) is 5.75 Å². The van der Waals surface area contributed by atoms with Crippen molar-refractivity contribution in [2.24, 2.45) is 0 Å².